The van der Waals surface area contributed by atoms with Gasteiger partial charge in [0.15, 0.2) is 0 Å². The molecule has 0 atom stereocenters. The van der Waals surface area contributed by atoms with Gasteiger partial charge in [0.1, 0.15) is 6.61 Å². The Morgan fingerprint density at radius 3 is 2.26 bits per heavy atom. The second kappa shape index (κ2) is 6.75. The zero-order chi connectivity index (χ0) is 17.1. The van der Waals surface area contributed by atoms with Crippen molar-refractivity contribution >= 4 is 27.3 Å². The summed E-state index contributed by atoms with van der Waals surface area (Å²) in [5.41, 5.74) is -5.33. The second-order valence-electron chi connectivity index (χ2n) is 5.14. The van der Waals surface area contributed by atoms with Crippen LogP contribution in [0.5, 0.6) is 0 Å². The Morgan fingerprint density at radius 1 is 1.17 bits per heavy atom. The Kier molecular flexibility index (Phi) is 5.15. The van der Waals surface area contributed by atoms with Gasteiger partial charge in [-0.15, -0.1) is 0 Å². The zero-order valence-corrected chi connectivity index (χ0v) is 12.7. The summed E-state index contributed by atoms with van der Waals surface area (Å²) in [6.45, 7) is 0.421. The number of halogens is 3. The van der Waals surface area contributed by atoms with E-state index in [0.29, 0.717) is 18.2 Å². The van der Waals surface area contributed by atoms with Gasteiger partial charge in [0.25, 0.3) is 0 Å². The summed E-state index contributed by atoms with van der Waals surface area (Å²) in [4.78, 5) is 11.6. The number of carbonyl (C=O) groups excluding carboxylic acids is 1. The summed E-state index contributed by atoms with van der Waals surface area (Å²) in [7, 11) is -5.46. The molecule has 0 spiro atoms. The molecule has 1 aliphatic rings. The monoisotopic (exact) mass is 352 g/mol. The van der Waals surface area contributed by atoms with Crippen molar-refractivity contribution in [1.29, 1.82) is 0 Å². The molecule has 1 saturated carbocycles. The summed E-state index contributed by atoms with van der Waals surface area (Å²) in [5, 5.41) is 2.49. The third-order valence-corrected chi connectivity index (χ3v) is 4.12. The van der Waals surface area contributed by atoms with Gasteiger partial charge in [-0.3, -0.25) is 9.52 Å². The first-order chi connectivity index (χ1) is 10.7. The largest absolute Gasteiger partial charge is 0.516 e. The van der Waals surface area contributed by atoms with E-state index in [2.05, 4.69) is 5.32 Å². The van der Waals surface area contributed by atoms with E-state index in [1.165, 1.54) is 16.9 Å². The summed E-state index contributed by atoms with van der Waals surface area (Å²) in [6, 6.07) is 4.80. The Labute approximate surface area is 131 Å². The topological polar surface area (TPSA) is 84.5 Å². The van der Waals surface area contributed by atoms with Crippen LogP contribution in [0.3, 0.4) is 0 Å². The molecule has 2 rings (SSSR count). The highest BCUT2D eigenvalue weighted by Gasteiger charge is 2.45. The highest BCUT2D eigenvalue weighted by molar-refractivity contribution is 7.93. The van der Waals surface area contributed by atoms with Crippen molar-refractivity contribution in [1.82, 2.24) is 0 Å². The lowest BCUT2D eigenvalue weighted by atomic mass is 10.3. The third-order valence-electron chi connectivity index (χ3n) is 3.01. The number of sulfonamides is 1. The molecule has 0 heterocycles. The molecule has 23 heavy (non-hydrogen) atoms. The molecule has 6 nitrogen and oxygen atoms in total. The van der Waals surface area contributed by atoms with Crippen molar-refractivity contribution in [3.63, 3.8) is 0 Å². The average Bonchev–Trinajstić information content (AvgIpc) is 3.23. The number of nitrogens with one attached hydrogen (secondary N) is 2. The average molecular weight is 352 g/mol. The standard InChI is InChI=1S/C13H15F3N2O4S/c14-13(15,16)23(20,21)18-11-5-3-10(4-6-11)17-12(19)8-22-7-9-1-2-9/h3-6,9,18H,1-2,7-8H2,(H,17,19). The third kappa shape index (κ3) is 5.39. The molecule has 1 amide bonds. The van der Waals surface area contributed by atoms with Crippen LogP contribution in [0.2, 0.25) is 0 Å². The van der Waals surface area contributed by atoms with E-state index in [9.17, 15) is 26.4 Å². The maximum atomic E-state index is 12.2. The molecule has 1 fully saturated rings. The normalized spacial score (nSPS) is 15.3. The molecule has 2 N–H and O–H groups in total. The molecule has 128 valence electrons. The number of hydrogen-bond acceptors (Lipinski definition) is 4. The van der Waals surface area contributed by atoms with Gasteiger partial charge in [-0.05, 0) is 43.0 Å². The van der Waals surface area contributed by atoms with E-state index in [1.54, 1.807) is 0 Å². The number of anilines is 2. The van der Waals surface area contributed by atoms with Crippen LogP contribution in [-0.4, -0.2) is 33.0 Å². The first-order valence-corrected chi connectivity index (χ1v) is 8.22. The fraction of sp³-hybridized carbons (Fsp3) is 0.462. The number of rotatable bonds is 7. The molecule has 0 bridgehead atoms. The molecule has 0 unspecified atom stereocenters. The molecule has 0 aliphatic heterocycles. The van der Waals surface area contributed by atoms with Gasteiger partial charge < -0.3 is 10.1 Å². The van der Waals surface area contributed by atoms with E-state index >= 15 is 0 Å². The quantitative estimate of drug-likeness (QED) is 0.789. The lowest BCUT2D eigenvalue weighted by Crippen LogP contribution is -2.29. The van der Waals surface area contributed by atoms with E-state index in [-0.39, 0.29) is 12.3 Å². The van der Waals surface area contributed by atoms with Crippen LogP contribution < -0.4 is 10.0 Å². The fourth-order valence-corrected chi connectivity index (χ4v) is 2.20. The number of ether oxygens (including phenoxy) is 1. The van der Waals surface area contributed by atoms with Gasteiger partial charge in [0.05, 0.1) is 6.61 Å². The smallest absolute Gasteiger partial charge is 0.371 e. The molecule has 0 radical (unpaired) electrons. The highest BCUT2D eigenvalue weighted by atomic mass is 32.2. The minimum absolute atomic E-state index is 0.112. The van der Waals surface area contributed by atoms with E-state index in [4.69, 9.17) is 4.74 Å². The lowest BCUT2D eigenvalue weighted by Gasteiger charge is -2.11. The predicted molar refractivity (Wildman–Crippen MR) is 77.2 cm³/mol. The summed E-state index contributed by atoms with van der Waals surface area (Å²) in [5.74, 6) is 0.137. The minimum atomic E-state index is -5.46. The predicted octanol–water partition coefficient (Wildman–Crippen LogP) is 2.31. The van der Waals surface area contributed by atoms with Gasteiger partial charge in [0, 0.05) is 11.4 Å². The molecule has 1 aromatic carbocycles. The van der Waals surface area contributed by atoms with Gasteiger partial charge in [0.2, 0.25) is 5.91 Å². The summed E-state index contributed by atoms with van der Waals surface area (Å²) >= 11 is 0. The molecule has 0 saturated heterocycles. The number of hydrogen-bond donors (Lipinski definition) is 2. The SMILES string of the molecule is O=C(COCC1CC1)Nc1ccc(NS(=O)(=O)C(F)(F)F)cc1. The van der Waals surface area contributed by atoms with Crippen LogP contribution in [-0.2, 0) is 19.6 Å². The van der Waals surface area contributed by atoms with Gasteiger partial charge >= 0.3 is 15.5 Å². The molecule has 0 aromatic heterocycles. The van der Waals surface area contributed by atoms with Crippen LogP contribution in [0, 0.1) is 5.92 Å². The van der Waals surface area contributed by atoms with Gasteiger partial charge in [-0.2, -0.15) is 21.6 Å². The first kappa shape index (κ1) is 17.5. The lowest BCUT2D eigenvalue weighted by molar-refractivity contribution is -0.120. The molecule has 10 heteroatoms. The zero-order valence-electron chi connectivity index (χ0n) is 11.9. The van der Waals surface area contributed by atoms with E-state index < -0.39 is 21.4 Å². The van der Waals surface area contributed by atoms with Crippen LogP contribution in [0.1, 0.15) is 12.8 Å². The first-order valence-electron chi connectivity index (χ1n) is 6.74. The number of carbonyl (C=O) groups is 1. The van der Waals surface area contributed by atoms with Crippen molar-refractivity contribution in [3.8, 4) is 0 Å². The van der Waals surface area contributed by atoms with Crippen molar-refractivity contribution in [2.75, 3.05) is 23.3 Å². The van der Waals surface area contributed by atoms with Crippen LogP contribution in [0.15, 0.2) is 24.3 Å². The van der Waals surface area contributed by atoms with Crippen LogP contribution in [0.25, 0.3) is 0 Å². The molecular weight excluding hydrogens is 337 g/mol. The minimum Gasteiger partial charge on any atom is -0.371 e. The van der Waals surface area contributed by atoms with E-state index in [0.717, 1.165) is 25.0 Å². The maximum absolute atomic E-state index is 12.2. The maximum Gasteiger partial charge on any atom is 0.516 e. The van der Waals surface area contributed by atoms with Gasteiger partial charge in [-0.1, -0.05) is 0 Å². The van der Waals surface area contributed by atoms with Crippen molar-refractivity contribution in [3.05, 3.63) is 24.3 Å². The summed E-state index contributed by atoms with van der Waals surface area (Å²) in [6.07, 6.45) is 2.22. The number of benzene rings is 1. The van der Waals surface area contributed by atoms with Crippen molar-refractivity contribution in [2.24, 2.45) is 5.92 Å². The van der Waals surface area contributed by atoms with Crippen LogP contribution >= 0.6 is 0 Å². The Hall–Kier alpha value is -1.81. The van der Waals surface area contributed by atoms with Gasteiger partial charge in [-0.25, -0.2) is 0 Å². The fourth-order valence-electron chi connectivity index (χ4n) is 1.63. The Bertz CT molecular complexity index is 655. The van der Waals surface area contributed by atoms with Crippen molar-refractivity contribution in [2.45, 2.75) is 18.3 Å². The van der Waals surface area contributed by atoms with Crippen molar-refractivity contribution < 1.29 is 31.1 Å². The number of amides is 1. The van der Waals surface area contributed by atoms with Crippen LogP contribution in [0.4, 0.5) is 24.5 Å². The molecule has 1 aromatic rings. The molecule has 1 aliphatic carbocycles. The molecular formula is C13H15F3N2O4S. The van der Waals surface area contributed by atoms with E-state index in [1.807, 2.05) is 0 Å². The Balaban J connectivity index is 1.85. The number of alkyl halides is 3. The summed E-state index contributed by atoms with van der Waals surface area (Å²) < 4.78 is 65.2. The Morgan fingerprint density at radius 2 is 1.74 bits per heavy atom. The second-order valence-corrected chi connectivity index (χ2v) is 6.81. The highest BCUT2D eigenvalue weighted by Crippen LogP contribution is 2.28.